The summed E-state index contributed by atoms with van der Waals surface area (Å²) in [5.41, 5.74) is 3.04. The largest absolute Gasteiger partial charge is 0.478 e. The number of anilines is 1. The molecule has 11 heteroatoms. The van der Waals surface area contributed by atoms with Gasteiger partial charge in [0.25, 0.3) is 0 Å². The lowest BCUT2D eigenvalue weighted by Crippen LogP contribution is -2.21. The van der Waals surface area contributed by atoms with Crippen molar-refractivity contribution in [1.82, 2.24) is 4.58 Å². The predicted octanol–water partition coefficient (Wildman–Crippen LogP) is 3.95. The fraction of sp³-hybridized carbons (Fsp3) is 0.222. The number of aromatic carboxylic acids is 1. The molecule has 1 unspecified atom stereocenters. The van der Waals surface area contributed by atoms with Crippen LogP contribution in [0.3, 0.4) is 0 Å². The fourth-order valence-corrected chi connectivity index (χ4v) is 4.49. The molecule has 2 N–H and O–H groups in total. The highest BCUT2D eigenvalue weighted by Gasteiger charge is 2.25. The first-order chi connectivity index (χ1) is 17.9. The van der Waals surface area contributed by atoms with Crippen molar-refractivity contribution >= 4 is 36.2 Å². The Kier molecular flexibility index (Phi) is 7.53. The van der Waals surface area contributed by atoms with Gasteiger partial charge < -0.3 is 19.3 Å². The topological polar surface area (TPSA) is 130 Å². The molecule has 0 amide bonds. The van der Waals surface area contributed by atoms with Crippen LogP contribution in [0.1, 0.15) is 20.7 Å². The summed E-state index contributed by atoms with van der Waals surface area (Å²) in [7, 11) is 4.24. The molecule has 2 aromatic carbocycles. The minimum atomic E-state index is -4.37. The number of phosphoric acid groups is 1. The van der Waals surface area contributed by atoms with E-state index < -0.39 is 26.2 Å². The first-order valence-corrected chi connectivity index (χ1v) is 13.0. The highest BCUT2D eigenvalue weighted by molar-refractivity contribution is 7.47. The summed E-state index contributed by atoms with van der Waals surface area (Å²) in [5, 5.41) is 11.6. The molecule has 0 aromatic heterocycles. The van der Waals surface area contributed by atoms with E-state index in [1.165, 1.54) is 18.2 Å². The summed E-state index contributed by atoms with van der Waals surface area (Å²) in [4.78, 5) is 36.6. The normalized spacial score (nSPS) is 12.9. The first-order valence-electron chi connectivity index (χ1n) is 11.5. The number of rotatable bonds is 8. The number of hydrogen-bond acceptors (Lipinski definition) is 7. The number of carboxylic acid groups (broad SMARTS) is 1. The van der Waals surface area contributed by atoms with Crippen molar-refractivity contribution in [1.29, 1.82) is 0 Å². The van der Waals surface area contributed by atoms with E-state index >= 15 is 0 Å². The Balaban J connectivity index is 2.02. The Hall–Kier alpha value is -3.82. The summed E-state index contributed by atoms with van der Waals surface area (Å²) >= 11 is 0. The van der Waals surface area contributed by atoms with Crippen molar-refractivity contribution in [2.45, 2.75) is 0 Å². The Labute approximate surface area is 218 Å². The van der Waals surface area contributed by atoms with E-state index in [1.807, 2.05) is 74.1 Å². The lowest BCUT2D eigenvalue weighted by Gasteiger charge is -2.19. The number of phosphoric ester groups is 1. The molecule has 1 heterocycles. The zero-order valence-electron chi connectivity index (χ0n) is 21.6. The number of benzene rings is 3. The SMILES string of the molecule is COP(=O)(O)OCC(=O)c1ccc(C(=O)O)c(-c2c3ccc(=[N+](C)C)cc-3oc3cc(N(C)C)ccc23)c1. The van der Waals surface area contributed by atoms with Gasteiger partial charge in [-0.15, -0.1) is 0 Å². The third kappa shape index (κ3) is 5.39. The molecule has 1 aliphatic heterocycles. The fourth-order valence-electron chi connectivity index (χ4n) is 4.10. The third-order valence-corrected chi connectivity index (χ3v) is 7.07. The van der Waals surface area contributed by atoms with Crippen molar-refractivity contribution in [2.24, 2.45) is 0 Å². The van der Waals surface area contributed by atoms with Gasteiger partial charge >= 0.3 is 13.8 Å². The van der Waals surface area contributed by atoms with Crippen LogP contribution in [0.4, 0.5) is 5.69 Å². The second-order valence-corrected chi connectivity index (χ2v) is 10.6. The highest BCUT2D eigenvalue weighted by Crippen LogP contribution is 2.43. The molecule has 0 spiro atoms. The van der Waals surface area contributed by atoms with Gasteiger partial charge in [0.15, 0.2) is 5.78 Å². The van der Waals surface area contributed by atoms with Crippen molar-refractivity contribution in [2.75, 3.05) is 46.8 Å². The average molecular weight is 540 g/mol. The second-order valence-electron chi connectivity index (χ2n) is 9.04. The van der Waals surface area contributed by atoms with Crippen LogP contribution < -0.4 is 14.8 Å². The molecule has 1 atom stereocenters. The van der Waals surface area contributed by atoms with Gasteiger partial charge in [-0.25, -0.2) is 13.9 Å². The maximum absolute atomic E-state index is 12.8. The van der Waals surface area contributed by atoms with Crippen molar-refractivity contribution in [3.63, 3.8) is 0 Å². The Morgan fingerprint density at radius 2 is 1.76 bits per heavy atom. The average Bonchev–Trinajstić information content (AvgIpc) is 2.89. The number of Topliss-reactive ketones (excluding diaryl/α,β-unsaturated/α-hetero) is 1. The van der Waals surface area contributed by atoms with Crippen molar-refractivity contribution in [3.8, 4) is 22.5 Å². The molecule has 0 radical (unpaired) electrons. The highest BCUT2D eigenvalue weighted by atomic mass is 31.2. The van der Waals surface area contributed by atoms with Crippen LogP contribution in [0.2, 0.25) is 0 Å². The van der Waals surface area contributed by atoms with Gasteiger partial charge in [-0.2, -0.15) is 0 Å². The van der Waals surface area contributed by atoms with E-state index in [9.17, 15) is 24.2 Å². The zero-order chi connectivity index (χ0) is 27.8. The molecule has 0 fully saturated rings. The summed E-state index contributed by atoms with van der Waals surface area (Å²) in [6.45, 7) is -0.725. The molecule has 0 saturated carbocycles. The lowest BCUT2D eigenvalue weighted by atomic mass is 9.89. The molecular formula is C27H28N2O8P+. The molecule has 2 aromatic rings. The molecule has 0 bridgehead atoms. The van der Waals surface area contributed by atoms with Crippen LogP contribution in [-0.2, 0) is 13.6 Å². The lowest BCUT2D eigenvalue weighted by molar-refractivity contribution is 0.0697. The number of fused-ring (bicyclic) bond motifs is 2. The van der Waals surface area contributed by atoms with Crippen LogP contribution in [0, 0.1) is 0 Å². The summed E-state index contributed by atoms with van der Waals surface area (Å²) in [5.74, 6) is -1.26. The van der Waals surface area contributed by atoms with Gasteiger partial charge in [0, 0.05) is 61.1 Å². The number of carbonyl (C=O) groups is 2. The van der Waals surface area contributed by atoms with E-state index in [4.69, 9.17) is 8.94 Å². The van der Waals surface area contributed by atoms with Crippen LogP contribution >= 0.6 is 7.82 Å². The molecule has 10 nitrogen and oxygen atoms in total. The molecule has 38 heavy (non-hydrogen) atoms. The van der Waals surface area contributed by atoms with Crippen LogP contribution in [0.15, 0.2) is 59.0 Å². The van der Waals surface area contributed by atoms with Crippen LogP contribution in [0.5, 0.6) is 0 Å². The Morgan fingerprint density at radius 1 is 1.03 bits per heavy atom. The minimum absolute atomic E-state index is 0.0191. The quantitative estimate of drug-likeness (QED) is 0.148. The van der Waals surface area contributed by atoms with E-state index in [0.717, 1.165) is 18.2 Å². The van der Waals surface area contributed by atoms with Crippen molar-refractivity contribution < 1.29 is 37.6 Å². The van der Waals surface area contributed by atoms with Gasteiger partial charge in [0.1, 0.15) is 32.0 Å². The first kappa shape index (κ1) is 27.2. The molecule has 198 valence electrons. The smallest absolute Gasteiger partial charge is 0.472 e. The molecule has 1 aliphatic carbocycles. The maximum atomic E-state index is 12.8. The Morgan fingerprint density at radius 3 is 2.39 bits per heavy atom. The van der Waals surface area contributed by atoms with Gasteiger partial charge in [-0.1, -0.05) is 6.07 Å². The monoisotopic (exact) mass is 539 g/mol. The summed E-state index contributed by atoms with van der Waals surface area (Å²) < 4.78 is 29.0. The number of ketones is 1. The van der Waals surface area contributed by atoms with Gasteiger partial charge in [0.05, 0.1) is 11.6 Å². The minimum Gasteiger partial charge on any atom is -0.478 e. The number of nitrogens with zero attached hydrogens (tertiary/aromatic N) is 2. The Bertz CT molecular complexity index is 1650. The van der Waals surface area contributed by atoms with Crippen LogP contribution in [0.25, 0.3) is 33.4 Å². The number of carbonyl (C=O) groups excluding carboxylic acids is 1. The third-order valence-electron chi connectivity index (χ3n) is 6.15. The van der Waals surface area contributed by atoms with Gasteiger partial charge in [-0.3, -0.25) is 13.8 Å². The molecule has 4 rings (SSSR count). The maximum Gasteiger partial charge on any atom is 0.472 e. The predicted molar refractivity (Wildman–Crippen MR) is 144 cm³/mol. The van der Waals surface area contributed by atoms with Gasteiger partial charge in [0.2, 0.25) is 5.36 Å². The van der Waals surface area contributed by atoms with E-state index in [1.54, 1.807) is 0 Å². The van der Waals surface area contributed by atoms with Crippen molar-refractivity contribution in [3.05, 3.63) is 71.1 Å². The van der Waals surface area contributed by atoms with E-state index in [-0.39, 0.29) is 11.1 Å². The zero-order valence-corrected chi connectivity index (χ0v) is 22.5. The second kappa shape index (κ2) is 10.5. The molecular weight excluding hydrogens is 511 g/mol. The standard InChI is InChI=1S/C27H27N2O8P/c1-28(2)17-7-10-20-24(13-17)37-25-14-18(29(3)4)8-11-21(25)26(20)22-12-16(6-9-19(22)27(31)32)23(30)15-36-38(33,34)35-5/h6-14H,15H2,1-5H3,(H-,31,32,33,34)/p+1. The molecule has 2 aliphatic rings. The van der Waals surface area contributed by atoms with Crippen LogP contribution in [-0.4, -0.2) is 63.7 Å². The number of hydrogen-bond donors (Lipinski definition) is 2. The summed E-state index contributed by atoms with van der Waals surface area (Å²) in [6, 6.07) is 15.4. The van der Waals surface area contributed by atoms with Gasteiger partial charge in [-0.05, 0) is 35.9 Å². The summed E-state index contributed by atoms with van der Waals surface area (Å²) in [6.07, 6.45) is 0. The molecule has 0 saturated heterocycles. The van der Waals surface area contributed by atoms with E-state index in [2.05, 4.69) is 4.52 Å². The number of carboxylic acids is 1. The van der Waals surface area contributed by atoms with E-state index in [0.29, 0.717) is 33.4 Å².